The van der Waals surface area contributed by atoms with Crippen molar-refractivity contribution in [3.05, 3.63) is 85.9 Å². The van der Waals surface area contributed by atoms with E-state index < -0.39 is 10.8 Å². The van der Waals surface area contributed by atoms with Crippen LogP contribution in [-0.4, -0.2) is 34.0 Å². The first-order valence-corrected chi connectivity index (χ1v) is 9.20. The van der Waals surface area contributed by atoms with Gasteiger partial charge in [-0.25, -0.2) is 4.98 Å². The van der Waals surface area contributed by atoms with Crippen molar-refractivity contribution < 1.29 is 14.5 Å². The second-order valence-electron chi connectivity index (χ2n) is 6.21. The Balaban J connectivity index is 1.66. The van der Waals surface area contributed by atoms with Gasteiger partial charge in [-0.15, -0.1) is 0 Å². The second kappa shape index (κ2) is 9.19. The van der Waals surface area contributed by atoms with Crippen molar-refractivity contribution in [2.24, 2.45) is 0 Å². The summed E-state index contributed by atoms with van der Waals surface area (Å²) in [5, 5.41) is 13.8. The monoisotopic (exact) mass is 428 g/mol. The highest BCUT2D eigenvalue weighted by atomic mass is 35.5. The fourth-order valence-electron chi connectivity index (χ4n) is 2.75. The van der Waals surface area contributed by atoms with E-state index in [1.807, 2.05) is 0 Å². The van der Waals surface area contributed by atoms with Crippen LogP contribution in [0.3, 0.4) is 0 Å². The number of carbonyl (C=O) groups excluding carboxylic acids is 1. The maximum atomic E-state index is 12.3. The molecule has 2 aromatic carbocycles. The molecule has 0 radical (unpaired) electrons. The van der Waals surface area contributed by atoms with Crippen LogP contribution in [0, 0.1) is 10.1 Å². The van der Waals surface area contributed by atoms with Gasteiger partial charge in [-0.1, -0.05) is 11.6 Å². The lowest BCUT2D eigenvalue weighted by molar-refractivity contribution is -0.385. The van der Waals surface area contributed by atoms with Gasteiger partial charge in [0.15, 0.2) is 0 Å². The third kappa shape index (κ3) is 4.81. The predicted molar refractivity (Wildman–Crippen MR) is 111 cm³/mol. The fraction of sp³-hybridized carbons (Fsp3) is 0.150. The van der Waals surface area contributed by atoms with E-state index in [9.17, 15) is 19.7 Å². The Bertz CT molecular complexity index is 1140. The summed E-state index contributed by atoms with van der Waals surface area (Å²) in [5.74, 6) is 0.0443. The highest BCUT2D eigenvalue weighted by Gasteiger charge is 2.20. The van der Waals surface area contributed by atoms with E-state index in [0.29, 0.717) is 11.4 Å². The molecule has 1 N–H and O–H groups in total. The maximum Gasteiger partial charge on any atom is 0.282 e. The Morgan fingerprint density at radius 3 is 2.60 bits per heavy atom. The van der Waals surface area contributed by atoms with E-state index in [4.69, 9.17) is 16.3 Å². The van der Waals surface area contributed by atoms with E-state index in [-0.39, 0.29) is 34.9 Å². The number of nitrogens with one attached hydrogen (secondary N) is 1. The first-order valence-electron chi connectivity index (χ1n) is 8.82. The van der Waals surface area contributed by atoms with Gasteiger partial charge >= 0.3 is 0 Å². The number of aromatic nitrogens is 2. The van der Waals surface area contributed by atoms with Gasteiger partial charge in [0, 0.05) is 35.8 Å². The number of halogens is 1. The van der Waals surface area contributed by atoms with Gasteiger partial charge in [-0.05, 0) is 36.4 Å². The molecule has 30 heavy (non-hydrogen) atoms. The topological polar surface area (TPSA) is 116 Å². The molecule has 154 valence electrons. The maximum absolute atomic E-state index is 12.3. The predicted octanol–water partition coefficient (Wildman–Crippen LogP) is 2.91. The Morgan fingerprint density at radius 2 is 1.97 bits per heavy atom. The van der Waals surface area contributed by atoms with Gasteiger partial charge in [0.25, 0.3) is 17.2 Å². The Labute approximate surface area is 176 Å². The van der Waals surface area contributed by atoms with Crippen LogP contribution >= 0.6 is 11.6 Å². The molecule has 0 aliphatic rings. The van der Waals surface area contributed by atoms with Gasteiger partial charge in [-0.2, -0.15) is 0 Å². The number of benzene rings is 2. The molecule has 10 heteroatoms. The van der Waals surface area contributed by atoms with E-state index in [1.165, 1.54) is 35.2 Å². The minimum Gasteiger partial charge on any atom is -0.497 e. The van der Waals surface area contributed by atoms with Crippen molar-refractivity contribution in [3.8, 4) is 17.0 Å². The van der Waals surface area contributed by atoms with Crippen LogP contribution in [0.5, 0.6) is 5.75 Å². The number of hydrogen-bond acceptors (Lipinski definition) is 6. The smallest absolute Gasteiger partial charge is 0.282 e. The minimum atomic E-state index is -0.655. The van der Waals surface area contributed by atoms with Gasteiger partial charge < -0.3 is 10.1 Å². The number of nitro groups is 1. The van der Waals surface area contributed by atoms with Gasteiger partial charge in [0.05, 0.1) is 24.1 Å². The molecule has 3 rings (SSSR count). The van der Waals surface area contributed by atoms with Crippen LogP contribution in [0.1, 0.15) is 10.4 Å². The van der Waals surface area contributed by atoms with Crippen LogP contribution < -0.4 is 15.6 Å². The van der Waals surface area contributed by atoms with Crippen LogP contribution in [0.4, 0.5) is 5.69 Å². The zero-order valence-electron chi connectivity index (χ0n) is 15.9. The summed E-state index contributed by atoms with van der Waals surface area (Å²) in [6.07, 6.45) is 1.38. The third-order valence-corrected chi connectivity index (χ3v) is 4.54. The van der Waals surface area contributed by atoms with Crippen LogP contribution in [0.2, 0.25) is 5.02 Å². The quantitative estimate of drug-likeness (QED) is 0.457. The molecule has 0 fully saturated rings. The molecule has 0 spiro atoms. The Kier molecular flexibility index (Phi) is 6.43. The highest BCUT2D eigenvalue weighted by Crippen LogP contribution is 2.22. The summed E-state index contributed by atoms with van der Waals surface area (Å²) in [5.41, 5.74) is 0.491. The molecule has 0 unspecified atom stereocenters. The first kappa shape index (κ1) is 21.0. The number of nitrogens with zero attached hydrogens (tertiary/aromatic N) is 3. The standard InChI is InChI=1S/C20H17ClN4O5/c1-30-15-5-2-13(3-6-15)17-11-19(26)24(12-23-17)9-8-22-20(27)16-10-14(21)4-7-18(16)25(28)29/h2-7,10-12H,8-9H2,1H3,(H,22,27). The van der Waals surface area contributed by atoms with E-state index in [2.05, 4.69) is 10.3 Å². The summed E-state index contributed by atoms with van der Waals surface area (Å²) >= 11 is 5.84. The van der Waals surface area contributed by atoms with Crippen molar-refractivity contribution in [2.45, 2.75) is 6.54 Å². The number of nitro benzene ring substituents is 1. The summed E-state index contributed by atoms with van der Waals surface area (Å²) in [7, 11) is 1.57. The largest absolute Gasteiger partial charge is 0.497 e. The number of amides is 1. The molecular weight excluding hydrogens is 412 g/mol. The lowest BCUT2D eigenvalue weighted by Gasteiger charge is -2.09. The number of hydrogen-bond donors (Lipinski definition) is 1. The highest BCUT2D eigenvalue weighted by molar-refractivity contribution is 6.31. The normalized spacial score (nSPS) is 10.5. The third-order valence-electron chi connectivity index (χ3n) is 4.30. The summed E-state index contributed by atoms with van der Waals surface area (Å²) in [4.78, 5) is 39.4. The number of carbonyl (C=O) groups is 1. The minimum absolute atomic E-state index is 0.0754. The van der Waals surface area contributed by atoms with Crippen molar-refractivity contribution in [3.63, 3.8) is 0 Å². The number of methoxy groups -OCH3 is 1. The van der Waals surface area contributed by atoms with Crippen LogP contribution in [-0.2, 0) is 6.54 Å². The number of ether oxygens (including phenoxy) is 1. The molecule has 0 aliphatic carbocycles. The molecule has 0 bridgehead atoms. The molecule has 1 amide bonds. The molecule has 1 heterocycles. The van der Waals surface area contributed by atoms with Gasteiger partial charge in [0.2, 0.25) is 0 Å². The van der Waals surface area contributed by atoms with Crippen molar-refractivity contribution in [1.29, 1.82) is 0 Å². The van der Waals surface area contributed by atoms with Crippen LogP contribution in [0.15, 0.2) is 59.7 Å². The zero-order valence-corrected chi connectivity index (χ0v) is 16.6. The molecule has 0 aliphatic heterocycles. The van der Waals surface area contributed by atoms with Crippen molar-refractivity contribution >= 4 is 23.2 Å². The van der Waals surface area contributed by atoms with E-state index in [0.717, 1.165) is 5.56 Å². The van der Waals surface area contributed by atoms with E-state index >= 15 is 0 Å². The molecule has 3 aromatic rings. The molecule has 9 nitrogen and oxygen atoms in total. The molecule has 0 atom stereocenters. The second-order valence-corrected chi connectivity index (χ2v) is 6.65. The summed E-state index contributed by atoms with van der Waals surface area (Å²) in [6, 6.07) is 12.3. The average molecular weight is 429 g/mol. The van der Waals surface area contributed by atoms with Gasteiger partial charge in [0.1, 0.15) is 11.3 Å². The van der Waals surface area contributed by atoms with Gasteiger partial charge in [-0.3, -0.25) is 24.3 Å². The Morgan fingerprint density at radius 1 is 1.23 bits per heavy atom. The van der Waals surface area contributed by atoms with Crippen molar-refractivity contribution in [1.82, 2.24) is 14.9 Å². The zero-order chi connectivity index (χ0) is 21.7. The Hall–Kier alpha value is -3.72. The average Bonchev–Trinajstić information content (AvgIpc) is 2.74. The number of rotatable bonds is 7. The molecule has 0 saturated heterocycles. The lowest BCUT2D eigenvalue weighted by atomic mass is 10.1. The van der Waals surface area contributed by atoms with Crippen LogP contribution in [0.25, 0.3) is 11.3 Å². The SMILES string of the molecule is COc1ccc(-c2cc(=O)n(CCNC(=O)c3cc(Cl)ccc3[N+](=O)[O-])cn2)cc1. The molecule has 1 aromatic heterocycles. The van der Waals surface area contributed by atoms with Crippen molar-refractivity contribution in [2.75, 3.05) is 13.7 Å². The fourth-order valence-corrected chi connectivity index (χ4v) is 2.92. The van der Waals surface area contributed by atoms with E-state index in [1.54, 1.807) is 31.4 Å². The summed E-state index contributed by atoms with van der Waals surface area (Å²) in [6.45, 7) is 0.223. The molecular formula is C20H17ClN4O5. The summed E-state index contributed by atoms with van der Waals surface area (Å²) < 4.78 is 6.44. The first-order chi connectivity index (χ1) is 14.4. The lowest BCUT2D eigenvalue weighted by Crippen LogP contribution is -2.31. The molecule has 0 saturated carbocycles.